The van der Waals surface area contributed by atoms with E-state index in [2.05, 4.69) is 25.8 Å². The zero-order valence-electron chi connectivity index (χ0n) is 11.6. The Bertz CT molecular complexity index is 867. The van der Waals surface area contributed by atoms with E-state index in [1.807, 2.05) is 5.10 Å². The number of hydrogen-bond donors (Lipinski definition) is 3. The average molecular weight is 325 g/mol. The molecular weight excluding hydrogens is 315 g/mol. The van der Waals surface area contributed by atoms with Gasteiger partial charge in [-0.2, -0.15) is 23.4 Å². The summed E-state index contributed by atoms with van der Waals surface area (Å²) in [5.74, 6) is -0.279. The van der Waals surface area contributed by atoms with Crippen LogP contribution in [0.2, 0.25) is 0 Å². The lowest BCUT2D eigenvalue weighted by molar-refractivity contribution is -0.140. The van der Waals surface area contributed by atoms with Crippen molar-refractivity contribution in [1.82, 2.24) is 24.8 Å². The largest absolute Gasteiger partial charge is 0.434 e. The molecular formula is C12H10F3N7O. The van der Waals surface area contributed by atoms with Crippen LogP contribution in [0.4, 0.5) is 24.7 Å². The molecule has 0 unspecified atom stereocenters. The van der Waals surface area contributed by atoms with Gasteiger partial charge in [-0.1, -0.05) is 0 Å². The molecule has 0 spiro atoms. The standard InChI is InChI=1S/C12H10F3N7O/c1-16-8-2-3-22-10(20-8)6(4-18-22)11(23)19-7-5-17-21-9(7)12(13,14)15/h2-5H,1H3,(H,16,20)(H,17,21)(H,19,23). The summed E-state index contributed by atoms with van der Waals surface area (Å²) in [4.78, 5) is 16.4. The van der Waals surface area contributed by atoms with Crippen molar-refractivity contribution in [2.45, 2.75) is 6.18 Å². The number of fused-ring (bicyclic) bond motifs is 1. The molecule has 0 aliphatic heterocycles. The monoisotopic (exact) mass is 325 g/mol. The molecule has 0 saturated carbocycles. The number of nitrogens with zero attached hydrogens (tertiary/aromatic N) is 4. The van der Waals surface area contributed by atoms with E-state index in [1.165, 1.54) is 10.7 Å². The molecule has 0 saturated heterocycles. The molecule has 120 valence electrons. The number of halogens is 3. The Morgan fingerprint density at radius 3 is 2.83 bits per heavy atom. The van der Waals surface area contributed by atoms with Crippen molar-refractivity contribution in [3.8, 4) is 0 Å². The third-order valence-electron chi connectivity index (χ3n) is 3.04. The van der Waals surface area contributed by atoms with Gasteiger partial charge in [0.2, 0.25) is 0 Å². The van der Waals surface area contributed by atoms with E-state index in [9.17, 15) is 18.0 Å². The molecule has 3 heterocycles. The number of carbonyl (C=O) groups is 1. The summed E-state index contributed by atoms with van der Waals surface area (Å²) in [5.41, 5.74) is -1.35. The van der Waals surface area contributed by atoms with E-state index in [4.69, 9.17) is 0 Å². The Kier molecular flexibility index (Phi) is 3.39. The van der Waals surface area contributed by atoms with Gasteiger partial charge in [-0.15, -0.1) is 0 Å². The molecule has 0 radical (unpaired) electrons. The molecule has 3 N–H and O–H groups in total. The lowest BCUT2D eigenvalue weighted by Gasteiger charge is -2.07. The molecule has 1 amide bonds. The van der Waals surface area contributed by atoms with Gasteiger partial charge in [0, 0.05) is 13.2 Å². The molecule has 0 atom stereocenters. The van der Waals surface area contributed by atoms with Gasteiger partial charge in [-0.05, 0) is 6.07 Å². The zero-order chi connectivity index (χ0) is 16.6. The molecule has 0 aromatic carbocycles. The van der Waals surface area contributed by atoms with E-state index >= 15 is 0 Å². The lowest BCUT2D eigenvalue weighted by Crippen LogP contribution is -2.16. The molecule has 8 nitrogen and oxygen atoms in total. The molecule has 0 bridgehead atoms. The number of H-pyrrole nitrogens is 1. The van der Waals surface area contributed by atoms with Gasteiger partial charge < -0.3 is 10.6 Å². The van der Waals surface area contributed by atoms with Crippen LogP contribution in [0, 0.1) is 0 Å². The van der Waals surface area contributed by atoms with Gasteiger partial charge in [0.05, 0.1) is 18.1 Å². The number of aromatic amines is 1. The SMILES string of the molecule is CNc1ccn2ncc(C(=O)Nc3cn[nH]c3C(F)(F)F)c2n1. The van der Waals surface area contributed by atoms with Crippen molar-refractivity contribution in [1.29, 1.82) is 0 Å². The van der Waals surface area contributed by atoms with Crippen LogP contribution >= 0.6 is 0 Å². The summed E-state index contributed by atoms with van der Waals surface area (Å²) in [5, 5.41) is 14.0. The summed E-state index contributed by atoms with van der Waals surface area (Å²) < 4.78 is 39.6. The molecule has 3 rings (SSSR count). The summed E-state index contributed by atoms with van der Waals surface area (Å²) in [6, 6.07) is 1.64. The van der Waals surface area contributed by atoms with E-state index in [-0.39, 0.29) is 11.2 Å². The van der Waals surface area contributed by atoms with Crippen molar-refractivity contribution >= 4 is 23.1 Å². The Balaban J connectivity index is 1.94. The van der Waals surface area contributed by atoms with E-state index < -0.39 is 23.5 Å². The third kappa shape index (κ3) is 2.67. The summed E-state index contributed by atoms with van der Waals surface area (Å²) in [6.45, 7) is 0. The number of anilines is 2. The highest BCUT2D eigenvalue weighted by Crippen LogP contribution is 2.33. The Labute approximate surface area is 126 Å². The number of nitrogens with one attached hydrogen (secondary N) is 3. The fourth-order valence-electron chi connectivity index (χ4n) is 1.95. The van der Waals surface area contributed by atoms with Crippen LogP contribution in [0.1, 0.15) is 16.1 Å². The van der Waals surface area contributed by atoms with E-state index in [0.29, 0.717) is 5.82 Å². The highest BCUT2D eigenvalue weighted by Gasteiger charge is 2.36. The first-order chi connectivity index (χ1) is 10.9. The second kappa shape index (κ2) is 5.26. The van der Waals surface area contributed by atoms with Gasteiger partial charge in [-0.3, -0.25) is 9.89 Å². The first-order valence-electron chi connectivity index (χ1n) is 6.34. The van der Waals surface area contributed by atoms with Crippen LogP contribution in [0.25, 0.3) is 5.65 Å². The van der Waals surface area contributed by atoms with Crippen LogP contribution in [-0.4, -0.2) is 37.8 Å². The number of hydrogen-bond acceptors (Lipinski definition) is 5. The molecule has 3 aromatic rings. The predicted octanol–water partition coefficient (Wildman–Crippen LogP) is 1.77. The minimum absolute atomic E-state index is 0.0384. The number of rotatable bonds is 3. The quantitative estimate of drug-likeness (QED) is 0.681. The number of amides is 1. The van der Waals surface area contributed by atoms with E-state index in [1.54, 1.807) is 19.3 Å². The van der Waals surface area contributed by atoms with Gasteiger partial charge in [0.1, 0.15) is 11.4 Å². The minimum Gasteiger partial charge on any atom is -0.373 e. The maximum Gasteiger partial charge on any atom is 0.434 e. The fraction of sp³-hybridized carbons (Fsp3) is 0.167. The van der Waals surface area contributed by atoms with Crippen molar-refractivity contribution in [3.63, 3.8) is 0 Å². The number of carbonyl (C=O) groups excluding carboxylic acids is 1. The predicted molar refractivity (Wildman–Crippen MR) is 74.1 cm³/mol. The van der Waals surface area contributed by atoms with Crippen LogP contribution in [-0.2, 0) is 6.18 Å². The Morgan fingerprint density at radius 1 is 1.35 bits per heavy atom. The lowest BCUT2D eigenvalue weighted by atomic mass is 10.3. The molecule has 0 aliphatic carbocycles. The van der Waals surface area contributed by atoms with Gasteiger partial charge >= 0.3 is 6.18 Å². The van der Waals surface area contributed by atoms with Crippen molar-refractivity contribution < 1.29 is 18.0 Å². The van der Waals surface area contributed by atoms with Crippen LogP contribution in [0.5, 0.6) is 0 Å². The topological polar surface area (TPSA) is 100 Å². The first-order valence-corrected chi connectivity index (χ1v) is 6.34. The first kappa shape index (κ1) is 14.8. The Morgan fingerprint density at radius 2 is 2.13 bits per heavy atom. The average Bonchev–Trinajstić information content (AvgIpc) is 3.12. The van der Waals surface area contributed by atoms with Gasteiger partial charge in [0.15, 0.2) is 11.3 Å². The molecule has 0 fully saturated rings. The smallest absolute Gasteiger partial charge is 0.373 e. The highest BCUT2D eigenvalue weighted by atomic mass is 19.4. The normalized spacial score (nSPS) is 11.7. The second-order valence-electron chi connectivity index (χ2n) is 4.50. The third-order valence-corrected chi connectivity index (χ3v) is 3.04. The Hall–Kier alpha value is -3.11. The zero-order valence-corrected chi connectivity index (χ0v) is 11.6. The fourth-order valence-corrected chi connectivity index (χ4v) is 1.95. The maximum atomic E-state index is 12.8. The highest BCUT2D eigenvalue weighted by molar-refractivity contribution is 6.08. The minimum atomic E-state index is -4.66. The number of aromatic nitrogens is 5. The van der Waals surface area contributed by atoms with Gasteiger partial charge in [-0.25, -0.2) is 9.50 Å². The second-order valence-corrected chi connectivity index (χ2v) is 4.50. The summed E-state index contributed by atoms with van der Waals surface area (Å²) in [6.07, 6.45) is -0.967. The molecule has 23 heavy (non-hydrogen) atoms. The van der Waals surface area contributed by atoms with Crippen molar-refractivity contribution in [2.75, 3.05) is 17.7 Å². The van der Waals surface area contributed by atoms with Crippen molar-refractivity contribution in [3.05, 3.63) is 35.9 Å². The molecule has 0 aliphatic rings. The van der Waals surface area contributed by atoms with Crippen molar-refractivity contribution in [2.24, 2.45) is 0 Å². The molecule has 3 aromatic heterocycles. The summed E-state index contributed by atoms with van der Waals surface area (Å²) in [7, 11) is 1.65. The maximum absolute atomic E-state index is 12.8. The van der Waals surface area contributed by atoms with Crippen LogP contribution < -0.4 is 10.6 Å². The van der Waals surface area contributed by atoms with E-state index in [0.717, 1.165) is 6.20 Å². The molecule has 11 heteroatoms. The number of alkyl halides is 3. The van der Waals surface area contributed by atoms with Crippen LogP contribution in [0.3, 0.4) is 0 Å². The van der Waals surface area contributed by atoms with Gasteiger partial charge in [0.25, 0.3) is 5.91 Å². The van der Waals surface area contributed by atoms with Crippen LogP contribution in [0.15, 0.2) is 24.7 Å². The summed E-state index contributed by atoms with van der Waals surface area (Å²) >= 11 is 0.